The molecule has 0 saturated heterocycles. The van der Waals surface area contributed by atoms with Crippen molar-refractivity contribution in [3.8, 4) is 11.5 Å². The Kier molecular flexibility index (Phi) is 3.20. The van der Waals surface area contributed by atoms with Crippen LogP contribution >= 0.6 is 11.6 Å². The molecule has 1 radical (unpaired) electrons. The summed E-state index contributed by atoms with van der Waals surface area (Å²) in [6.45, 7) is 0.0715. The second-order valence-electron chi connectivity index (χ2n) is 4.19. The number of nitro benzene ring substituents is 1. The van der Waals surface area contributed by atoms with E-state index in [0.717, 1.165) is 0 Å². The second kappa shape index (κ2) is 5.02. The quantitative estimate of drug-likeness (QED) is 0.640. The van der Waals surface area contributed by atoms with E-state index in [9.17, 15) is 10.1 Å². The smallest absolute Gasteiger partial charge is 0.277 e. The van der Waals surface area contributed by atoms with Crippen LogP contribution in [0.1, 0.15) is 11.1 Å². The summed E-state index contributed by atoms with van der Waals surface area (Å²) in [5.41, 5.74) is 1.08. The summed E-state index contributed by atoms with van der Waals surface area (Å²) in [7, 11) is 0. The summed E-state index contributed by atoms with van der Waals surface area (Å²) >= 11 is 6.07. The Morgan fingerprint density at radius 3 is 2.55 bits per heavy atom. The number of nitro groups is 1. The first-order chi connectivity index (χ1) is 9.65. The Labute approximate surface area is 119 Å². The number of nitrogens with zero attached hydrogens (tertiary/aromatic N) is 1. The molecular weight excluding hydrogens is 282 g/mol. The molecule has 101 valence electrons. The standard InChI is InChI=1S/C14H9ClNO4/c15-11-4-2-1-3-9(11)5-10-6-13-14(20-8-19-13)7-12(10)16(17)18/h1-7H,8H2. The molecule has 3 rings (SSSR count). The summed E-state index contributed by atoms with van der Waals surface area (Å²) in [6.07, 6.45) is 1.66. The van der Waals surface area contributed by atoms with E-state index >= 15 is 0 Å². The Morgan fingerprint density at radius 1 is 1.15 bits per heavy atom. The van der Waals surface area contributed by atoms with Crippen LogP contribution in [0.5, 0.6) is 11.5 Å². The lowest BCUT2D eigenvalue weighted by Gasteiger charge is -2.06. The largest absolute Gasteiger partial charge is 0.454 e. The van der Waals surface area contributed by atoms with Crippen molar-refractivity contribution < 1.29 is 14.4 Å². The van der Waals surface area contributed by atoms with Gasteiger partial charge in [0.25, 0.3) is 5.69 Å². The highest BCUT2D eigenvalue weighted by atomic mass is 35.5. The van der Waals surface area contributed by atoms with Crippen LogP contribution in [0, 0.1) is 16.5 Å². The van der Waals surface area contributed by atoms with E-state index in [2.05, 4.69) is 0 Å². The molecule has 0 aliphatic carbocycles. The SMILES string of the molecule is O=[N+]([O-])c1cc2c(cc1[CH]c1ccccc1Cl)OCO2. The minimum absolute atomic E-state index is 0.0471. The molecule has 0 amide bonds. The Balaban J connectivity index is 2.04. The highest BCUT2D eigenvalue weighted by Gasteiger charge is 2.23. The molecule has 0 spiro atoms. The highest BCUT2D eigenvalue weighted by Crippen LogP contribution is 2.39. The van der Waals surface area contributed by atoms with Crippen LogP contribution in [0.4, 0.5) is 5.69 Å². The number of halogens is 1. The summed E-state index contributed by atoms with van der Waals surface area (Å²) in [5.74, 6) is 0.877. The molecule has 5 nitrogen and oxygen atoms in total. The van der Waals surface area contributed by atoms with Gasteiger partial charge in [-0.25, -0.2) is 0 Å². The fraction of sp³-hybridized carbons (Fsp3) is 0.0714. The maximum absolute atomic E-state index is 11.2. The molecule has 0 N–H and O–H groups in total. The van der Waals surface area contributed by atoms with Gasteiger partial charge in [-0.2, -0.15) is 0 Å². The highest BCUT2D eigenvalue weighted by molar-refractivity contribution is 6.31. The van der Waals surface area contributed by atoms with Crippen molar-refractivity contribution >= 4 is 17.3 Å². The van der Waals surface area contributed by atoms with E-state index in [1.807, 2.05) is 6.07 Å². The Hall–Kier alpha value is -2.27. The van der Waals surface area contributed by atoms with Crippen LogP contribution in [0.25, 0.3) is 0 Å². The van der Waals surface area contributed by atoms with E-state index in [0.29, 0.717) is 27.6 Å². The molecular formula is C14H9ClNO4. The average Bonchev–Trinajstić information content (AvgIpc) is 2.87. The summed E-state index contributed by atoms with van der Waals surface area (Å²) in [4.78, 5) is 10.7. The zero-order valence-electron chi connectivity index (χ0n) is 10.2. The summed E-state index contributed by atoms with van der Waals surface area (Å²) < 4.78 is 10.4. The van der Waals surface area contributed by atoms with E-state index in [-0.39, 0.29) is 12.5 Å². The molecule has 1 aliphatic rings. The van der Waals surface area contributed by atoms with Crippen LogP contribution in [-0.2, 0) is 0 Å². The van der Waals surface area contributed by atoms with Crippen molar-refractivity contribution in [1.29, 1.82) is 0 Å². The van der Waals surface area contributed by atoms with Gasteiger partial charge < -0.3 is 9.47 Å². The van der Waals surface area contributed by atoms with Crippen molar-refractivity contribution in [2.45, 2.75) is 0 Å². The molecule has 0 unspecified atom stereocenters. The molecule has 2 aromatic carbocycles. The predicted molar refractivity (Wildman–Crippen MR) is 73.2 cm³/mol. The van der Waals surface area contributed by atoms with E-state index in [1.54, 1.807) is 30.7 Å². The molecule has 0 saturated carbocycles. The number of ether oxygens (including phenoxy) is 2. The van der Waals surface area contributed by atoms with Crippen LogP contribution < -0.4 is 9.47 Å². The fourth-order valence-electron chi connectivity index (χ4n) is 1.98. The monoisotopic (exact) mass is 290 g/mol. The molecule has 0 aromatic heterocycles. The third-order valence-corrected chi connectivity index (χ3v) is 3.28. The average molecular weight is 291 g/mol. The zero-order chi connectivity index (χ0) is 14.1. The van der Waals surface area contributed by atoms with Crippen molar-refractivity contribution in [3.05, 3.63) is 69.1 Å². The molecule has 6 heteroatoms. The fourth-order valence-corrected chi connectivity index (χ4v) is 2.17. The van der Waals surface area contributed by atoms with Gasteiger partial charge in [-0.05, 0) is 17.7 Å². The Morgan fingerprint density at radius 2 is 1.85 bits per heavy atom. The minimum Gasteiger partial charge on any atom is -0.454 e. The number of hydrogen-bond donors (Lipinski definition) is 0. The normalized spacial score (nSPS) is 12.4. The molecule has 1 heterocycles. The molecule has 1 aliphatic heterocycles. The lowest BCUT2D eigenvalue weighted by molar-refractivity contribution is -0.385. The first-order valence-corrected chi connectivity index (χ1v) is 6.20. The molecule has 2 aromatic rings. The first kappa shape index (κ1) is 12.7. The first-order valence-electron chi connectivity index (χ1n) is 5.82. The topological polar surface area (TPSA) is 61.6 Å². The van der Waals surface area contributed by atoms with Crippen LogP contribution in [0.15, 0.2) is 36.4 Å². The summed E-state index contributed by atoms with van der Waals surface area (Å²) in [5, 5.41) is 11.7. The molecule has 0 atom stereocenters. The zero-order valence-corrected chi connectivity index (χ0v) is 11.0. The van der Waals surface area contributed by atoms with Gasteiger partial charge in [-0.1, -0.05) is 29.8 Å². The third-order valence-electron chi connectivity index (χ3n) is 2.93. The summed E-state index contributed by atoms with van der Waals surface area (Å²) in [6, 6.07) is 10.1. The maximum Gasteiger partial charge on any atom is 0.277 e. The van der Waals surface area contributed by atoms with Gasteiger partial charge in [0.1, 0.15) is 0 Å². The number of fused-ring (bicyclic) bond motifs is 1. The van der Waals surface area contributed by atoms with Crippen molar-refractivity contribution in [3.63, 3.8) is 0 Å². The van der Waals surface area contributed by atoms with Crippen molar-refractivity contribution in [2.75, 3.05) is 6.79 Å². The van der Waals surface area contributed by atoms with Gasteiger partial charge in [0, 0.05) is 17.0 Å². The van der Waals surface area contributed by atoms with E-state index < -0.39 is 4.92 Å². The lowest BCUT2D eigenvalue weighted by atomic mass is 10.0. The predicted octanol–water partition coefficient (Wildman–Crippen LogP) is 3.58. The van der Waals surface area contributed by atoms with Gasteiger partial charge in [0.15, 0.2) is 11.5 Å². The second-order valence-corrected chi connectivity index (χ2v) is 4.59. The van der Waals surface area contributed by atoms with Gasteiger partial charge in [-0.15, -0.1) is 0 Å². The van der Waals surface area contributed by atoms with E-state index in [1.165, 1.54) is 6.07 Å². The van der Waals surface area contributed by atoms with Crippen LogP contribution in [0.2, 0.25) is 5.02 Å². The number of rotatable bonds is 3. The minimum atomic E-state index is -0.454. The van der Waals surface area contributed by atoms with E-state index in [4.69, 9.17) is 21.1 Å². The molecule has 0 fully saturated rings. The van der Waals surface area contributed by atoms with Crippen LogP contribution in [-0.4, -0.2) is 11.7 Å². The van der Waals surface area contributed by atoms with Crippen molar-refractivity contribution in [2.24, 2.45) is 0 Å². The maximum atomic E-state index is 11.2. The van der Waals surface area contributed by atoms with Crippen LogP contribution in [0.3, 0.4) is 0 Å². The van der Waals surface area contributed by atoms with Crippen molar-refractivity contribution in [1.82, 2.24) is 0 Å². The number of benzene rings is 2. The Bertz CT molecular complexity index is 687. The molecule has 0 bridgehead atoms. The van der Waals surface area contributed by atoms with Gasteiger partial charge in [-0.3, -0.25) is 10.1 Å². The van der Waals surface area contributed by atoms with Gasteiger partial charge in [0.2, 0.25) is 6.79 Å². The van der Waals surface area contributed by atoms with Gasteiger partial charge in [0.05, 0.1) is 11.0 Å². The molecule has 20 heavy (non-hydrogen) atoms. The third kappa shape index (κ3) is 2.28. The number of hydrogen-bond acceptors (Lipinski definition) is 4. The lowest BCUT2D eigenvalue weighted by Crippen LogP contribution is -1.96. The van der Waals surface area contributed by atoms with Gasteiger partial charge >= 0.3 is 0 Å².